The van der Waals surface area contributed by atoms with Crippen molar-refractivity contribution in [2.75, 3.05) is 6.61 Å². The Morgan fingerprint density at radius 2 is 1.76 bits per heavy atom. The van der Waals surface area contributed by atoms with Crippen molar-refractivity contribution in [1.82, 2.24) is 15.1 Å². The number of nitrogens with one attached hydrogen (secondary N) is 1. The number of carbonyl (C=O) groups excluding carboxylic acids is 4. The van der Waals surface area contributed by atoms with Gasteiger partial charge in [0.15, 0.2) is 0 Å². The number of ether oxygens (including phenoxy) is 2. The number of azide groups is 1. The number of hydrogen-bond donors (Lipinski definition) is 1. The third-order valence-electron chi connectivity index (χ3n) is 9.06. The van der Waals surface area contributed by atoms with E-state index >= 15 is 0 Å². The van der Waals surface area contributed by atoms with E-state index in [9.17, 15) is 19.2 Å². The van der Waals surface area contributed by atoms with Gasteiger partial charge in [0.1, 0.15) is 18.2 Å². The molecule has 240 valence electrons. The fourth-order valence-corrected chi connectivity index (χ4v) is 6.88. The molecule has 1 atom stereocenters. The predicted molar refractivity (Wildman–Crippen MR) is 165 cm³/mol. The second kappa shape index (κ2) is 13.9. The lowest BCUT2D eigenvalue weighted by Crippen LogP contribution is -2.52. The van der Waals surface area contributed by atoms with Crippen molar-refractivity contribution in [1.29, 1.82) is 0 Å². The summed E-state index contributed by atoms with van der Waals surface area (Å²) < 4.78 is 11.9. The third-order valence-corrected chi connectivity index (χ3v) is 9.06. The lowest BCUT2D eigenvalue weighted by molar-refractivity contribution is -0.136. The van der Waals surface area contributed by atoms with E-state index in [1.165, 1.54) is 4.90 Å². The molecular weight excluding hydrogens is 576 g/mol. The molecule has 3 fully saturated rings. The van der Waals surface area contributed by atoms with Gasteiger partial charge in [-0.05, 0) is 108 Å². The van der Waals surface area contributed by atoms with Crippen LogP contribution in [0.3, 0.4) is 0 Å². The SMILES string of the molecule is CC(C)(C)OC(=O)N([C@H]1CC[C@H](N=[N+]=[N-])CC1)[C@H]1CC[C@H](OCC#Cc2ccc3c(c2)CN(C2CCC(=O)NC2=O)C3=O)CC1. The van der Waals surface area contributed by atoms with Crippen molar-refractivity contribution in [3.63, 3.8) is 0 Å². The monoisotopic (exact) mass is 618 g/mol. The molecule has 0 spiro atoms. The normalized spacial score (nSPS) is 26.6. The number of amides is 4. The van der Waals surface area contributed by atoms with E-state index in [4.69, 9.17) is 15.0 Å². The smallest absolute Gasteiger partial charge is 0.410 e. The van der Waals surface area contributed by atoms with Gasteiger partial charge in [-0.2, -0.15) is 0 Å². The lowest BCUT2D eigenvalue weighted by Gasteiger charge is -2.43. The summed E-state index contributed by atoms with van der Waals surface area (Å²) in [6, 6.07) is 4.91. The second-order valence-corrected chi connectivity index (χ2v) is 13.4. The molecule has 2 aliphatic heterocycles. The maximum atomic E-state index is 13.3. The van der Waals surface area contributed by atoms with Gasteiger partial charge in [-0.25, -0.2) is 4.79 Å². The zero-order valence-corrected chi connectivity index (χ0v) is 26.3. The summed E-state index contributed by atoms with van der Waals surface area (Å²) >= 11 is 0. The molecule has 0 aromatic heterocycles. The number of benzene rings is 1. The van der Waals surface area contributed by atoms with Crippen LogP contribution in [0.5, 0.6) is 0 Å². The molecule has 1 aromatic carbocycles. The van der Waals surface area contributed by atoms with Crippen molar-refractivity contribution < 1.29 is 28.7 Å². The summed E-state index contributed by atoms with van der Waals surface area (Å²) in [5, 5.41) is 6.21. The average Bonchev–Trinajstić information content (AvgIpc) is 3.31. The number of hydrogen-bond acceptors (Lipinski definition) is 7. The second-order valence-electron chi connectivity index (χ2n) is 13.4. The Kier molecular flexibility index (Phi) is 10.0. The molecule has 12 heteroatoms. The first-order valence-corrected chi connectivity index (χ1v) is 16.0. The number of nitrogens with zero attached hydrogens (tertiary/aromatic N) is 5. The van der Waals surface area contributed by atoms with E-state index in [-0.39, 0.29) is 55.2 Å². The molecule has 4 aliphatic rings. The first kappa shape index (κ1) is 32.3. The minimum absolute atomic E-state index is 0.0104. The molecule has 2 heterocycles. The molecule has 0 radical (unpaired) electrons. The molecule has 1 unspecified atom stereocenters. The van der Waals surface area contributed by atoms with E-state index < -0.39 is 17.6 Å². The first-order valence-electron chi connectivity index (χ1n) is 16.0. The maximum absolute atomic E-state index is 13.3. The zero-order valence-electron chi connectivity index (χ0n) is 26.3. The standard InChI is InChI=1S/C33H42N6O6/c1-33(2,3)45-32(43)39(24-9-7-23(8-10-24)36-37-34)25-11-13-26(14-12-25)44-18-4-5-21-6-15-27-22(19-21)20-38(31(27)42)28-16-17-29(40)35-30(28)41/h6,15,19,23-26,28H,7-14,16-18,20H2,1-3H3,(H,35,40,41)/t23-,24-,25-,26-,28?. The van der Waals surface area contributed by atoms with E-state index in [0.29, 0.717) is 18.5 Å². The average molecular weight is 619 g/mol. The van der Waals surface area contributed by atoms with Crippen molar-refractivity contribution in [3.8, 4) is 11.8 Å². The van der Waals surface area contributed by atoms with Gasteiger partial charge < -0.3 is 19.3 Å². The van der Waals surface area contributed by atoms with Crippen LogP contribution in [-0.2, 0) is 25.6 Å². The largest absolute Gasteiger partial charge is 0.444 e. The Bertz CT molecular complexity index is 1420. The van der Waals surface area contributed by atoms with Gasteiger partial charge >= 0.3 is 6.09 Å². The predicted octanol–water partition coefficient (Wildman–Crippen LogP) is 4.99. The van der Waals surface area contributed by atoms with Crippen molar-refractivity contribution in [3.05, 3.63) is 45.3 Å². The molecule has 2 saturated carbocycles. The Hall–Kier alpha value is -4.07. The zero-order chi connectivity index (χ0) is 32.1. The molecule has 1 saturated heterocycles. The highest BCUT2D eigenvalue weighted by atomic mass is 16.6. The Balaban J connectivity index is 1.12. The van der Waals surface area contributed by atoms with Crippen LogP contribution in [-0.4, -0.2) is 76.1 Å². The van der Waals surface area contributed by atoms with Crippen LogP contribution in [0.1, 0.15) is 106 Å². The highest BCUT2D eigenvalue weighted by molar-refractivity contribution is 6.05. The third kappa shape index (κ3) is 7.96. The summed E-state index contributed by atoms with van der Waals surface area (Å²) in [5.74, 6) is 5.28. The molecule has 5 rings (SSSR count). The molecule has 45 heavy (non-hydrogen) atoms. The van der Waals surface area contributed by atoms with Gasteiger partial charge in [0.05, 0.1) is 6.10 Å². The molecular formula is C33H42N6O6. The molecule has 4 amide bonds. The van der Waals surface area contributed by atoms with E-state index in [0.717, 1.165) is 62.5 Å². The van der Waals surface area contributed by atoms with E-state index in [1.807, 2.05) is 31.7 Å². The van der Waals surface area contributed by atoms with Crippen LogP contribution in [0, 0.1) is 11.8 Å². The summed E-state index contributed by atoms with van der Waals surface area (Å²) in [4.78, 5) is 56.5. The summed E-state index contributed by atoms with van der Waals surface area (Å²) in [6.45, 7) is 6.22. The highest BCUT2D eigenvalue weighted by Gasteiger charge is 2.40. The number of rotatable bonds is 6. The van der Waals surface area contributed by atoms with Crippen LogP contribution < -0.4 is 5.32 Å². The molecule has 2 aliphatic carbocycles. The number of carbonyl (C=O) groups is 4. The molecule has 12 nitrogen and oxygen atoms in total. The van der Waals surface area contributed by atoms with Crippen LogP contribution in [0.4, 0.5) is 4.79 Å². The van der Waals surface area contributed by atoms with Gasteiger partial charge in [0, 0.05) is 47.1 Å². The van der Waals surface area contributed by atoms with Crippen LogP contribution >= 0.6 is 0 Å². The van der Waals surface area contributed by atoms with Crippen LogP contribution in [0.2, 0.25) is 0 Å². The molecule has 1 aromatic rings. The highest BCUT2D eigenvalue weighted by Crippen LogP contribution is 2.33. The number of imide groups is 1. The summed E-state index contributed by atoms with van der Waals surface area (Å²) in [6.07, 6.45) is 6.71. The topological polar surface area (TPSA) is 154 Å². The van der Waals surface area contributed by atoms with Crippen LogP contribution in [0.15, 0.2) is 23.3 Å². The molecule has 0 bridgehead atoms. The first-order chi connectivity index (χ1) is 21.5. The number of fused-ring (bicyclic) bond motifs is 1. The van der Waals surface area contributed by atoms with E-state index in [1.54, 1.807) is 12.1 Å². The maximum Gasteiger partial charge on any atom is 0.410 e. The van der Waals surface area contributed by atoms with Crippen molar-refractivity contribution in [2.45, 2.75) is 127 Å². The minimum Gasteiger partial charge on any atom is -0.444 e. The summed E-state index contributed by atoms with van der Waals surface area (Å²) in [5.41, 5.74) is 10.4. The van der Waals surface area contributed by atoms with Crippen molar-refractivity contribution >= 4 is 23.8 Å². The molecule has 1 N–H and O–H groups in total. The lowest BCUT2D eigenvalue weighted by atomic mass is 9.86. The fourth-order valence-electron chi connectivity index (χ4n) is 6.88. The quantitative estimate of drug-likeness (QED) is 0.156. The Labute approximate surface area is 263 Å². The van der Waals surface area contributed by atoms with Crippen LogP contribution in [0.25, 0.3) is 10.4 Å². The van der Waals surface area contributed by atoms with Crippen molar-refractivity contribution in [2.24, 2.45) is 5.11 Å². The van der Waals surface area contributed by atoms with E-state index in [2.05, 4.69) is 27.2 Å². The van der Waals surface area contributed by atoms with Gasteiger partial charge in [-0.3, -0.25) is 19.7 Å². The Morgan fingerprint density at radius 3 is 2.40 bits per heavy atom. The van der Waals surface area contributed by atoms with Gasteiger partial charge in [-0.15, -0.1) is 0 Å². The summed E-state index contributed by atoms with van der Waals surface area (Å²) in [7, 11) is 0. The fraction of sp³-hybridized carbons (Fsp3) is 0.636. The van der Waals surface area contributed by atoms with Gasteiger partial charge in [0.25, 0.3) is 5.91 Å². The van der Waals surface area contributed by atoms with Gasteiger partial charge in [-0.1, -0.05) is 17.0 Å². The minimum atomic E-state index is -0.643. The Morgan fingerprint density at radius 1 is 1.07 bits per heavy atom. The number of piperidine rings is 1. The van der Waals surface area contributed by atoms with Gasteiger partial charge in [0.2, 0.25) is 11.8 Å².